The van der Waals surface area contributed by atoms with Gasteiger partial charge in [-0.25, -0.2) is 0 Å². The van der Waals surface area contributed by atoms with Crippen LogP contribution in [0.15, 0.2) is 0 Å². The van der Waals surface area contributed by atoms with Crippen molar-refractivity contribution in [3.05, 3.63) is 20.2 Å². The van der Waals surface area contributed by atoms with Crippen molar-refractivity contribution >= 4 is 6.79 Å². The van der Waals surface area contributed by atoms with E-state index in [9.17, 15) is 0 Å². The molecule has 0 heterocycles. The van der Waals surface area contributed by atoms with E-state index in [4.69, 9.17) is 35.4 Å². The van der Waals surface area contributed by atoms with E-state index < -0.39 is 10.2 Å². The summed E-state index contributed by atoms with van der Waals surface area (Å²) in [5.74, 6) is 0. The van der Waals surface area contributed by atoms with Crippen LogP contribution in [0.25, 0.3) is 0 Å². The van der Waals surface area contributed by atoms with Gasteiger partial charge in [0.1, 0.15) is 6.79 Å². The maximum atomic E-state index is 8.36. The number of nitrogens with zero attached hydrogens (tertiary/aromatic N) is 2. The highest BCUT2D eigenvalue weighted by atomic mass is 16.9. The highest BCUT2D eigenvalue weighted by molar-refractivity contribution is 5.10. The minimum atomic E-state index is -1.50. The molecule has 9 nitrogen and oxygen atoms in total. The summed E-state index contributed by atoms with van der Waals surface area (Å²) >= 11 is 0. The Hall–Kier alpha value is -1.93. The van der Waals surface area contributed by atoms with Crippen LogP contribution in [-0.2, 0) is 4.79 Å². The summed E-state index contributed by atoms with van der Waals surface area (Å²) in [7, 11) is 0. The van der Waals surface area contributed by atoms with Crippen molar-refractivity contribution < 1.29 is 25.4 Å². The van der Waals surface area contributed by atoms with Crippen molar-refractivity contribution in [3.8, 4) is 0 Å². The van der Waals surface area contributed by atoms with Gasteiger partial charge in [0.2, 0.25) is 0 Å². The van der Waals surface area contributed by atoms with Crippen molar-refractivity contribution in [1.29, 1.82) is 0 Å². The van der Waals surface area contributed by atoms with Gasteiger partial charge in [0.05, 0.1) is 0 Å². The average Bonchev–Trinajstić information content (AvgIpc) is 1.66. The first kappa shape index (κ1) is 15.7. The third kappa shape index (κ3) is 41.9. The van der Waals surface area contributed by atoms with Gasteiger partial charge in [-0.3, -0.25) is 0 Å². The summed E-state index contributed by atoms with van der Waals surface area (Å²) < 4.78 is 0. The monoisotopic (exact) mass is 156 g/mol. The minimum absolute atomic E-state index is 1.50. The molecule has 0 aliphatic carbocycles. The second-order valence-corrected chi connectivity index (χ2v) is 0.476. The van der Waals surface area contributed by atoms with E-state index in [1.54, 1.807) is 0 Å². The van der Waals surface area contributed by atoms with Gasteiger partial charge < -0.3 is 15.2 Å². The van der Waals surface area contributed by atoms with Crippen LogP contribution in [0, 0.1) is 20.2 Å². The predicted octanol–water partition coefficient (Wildman–Crippen LogP) is -0.880. The molecule has 0 fully saturated rings. The van der Waals surface area contributed by atoms with Gasteiger partial charge in [0.15, 0.2) is 0 Å². The molecule has 10 heavy (non-hydrogen) atoms. The molecule has 0 amide bonds. The first-order valence-corrected chi connectivity index (χ1v) is 1.42. The van der Waals surface area contributed by atoms with E-state index in [0.717, 1.165) is 0 Å². The maximum absolute atomic E-state index is 8.36. The third-order valence-corrected chi connectivity index (χ3v) is 0. The molecule has 0 aromatic rings. The quantitative estimate of drug-likeness (QED) is 0.342. The number of hydrogen-bond acceptors (Lipinski definition) is 5. The topological polar surface area (TPSA) is 144 Å². The lowest BCUT2D eigenvalue weighted by atomic mass is 11.9. The second-order valence-electron chi connectivity index (χ2n) is 0.476. The summed E-state index contributed by atoms with van der Waals surface area (Å²) in [5.41, 5.74) is 0. The fourth-order valence-electron chi connectivity index (χ4n) is 0. The van der Waals surface area contributed by atoms with Crippen molar-refractivity contribution in [2.24, 2.45) is 0 Å². The smallest absolute Gasteiger partial charge is 0.291 e. The molecule has 2 N–H and O–H groups in total. The van der Waals surface area contributed by atoms with E-state index in [0.29, 0.717) is 0 Å². The van der Waals surface area contributed by atoms with Crippen molar-refractivity contribution in [2.75, 3.05) is 0 Å². The number of hydrogen-bond donors (Lipinski definition) is 2. The summed E-state index contributed by atoms with van der Waals surface area (Å²) in [5, 5.41) is 27.3. The van der Waals surface area contributed by atoms with E-state index in [-0.39, 0.29) is 0 Å². The van der Waals surface area contributed by atoms with Crippen LogP contribution >= 0.6 is 0 Å². The molecule has 0 radical (unpaired) electrons. The summed E-state index contributed by atoms with van der Waals surface area (Å²) in [4.78, 5) is 24.7. The lowest BCUT2D eigenvalue weighted by molar-refractivity contribution is -0.742. The fourth-order valence-corrected chi connectivity index (χ4v) is 0. The Balaban J connectivity index is -0.0000000787. The van der Waals surface area contributed by atoms with Gasteiger partial charge in [-0.1, -0.05) is 0 Å². The highest BCUT2D eigenvalue weighted by Gasteiger charge is 1.65. The molecular formula is CH4N2O7. The maximum Gasteiger partial charge on any atom is 0.291 e. The molecule has 0 spiro atoms. The molecule has 0 aliphatic heterocycles. The summed E-state index contributed by atoms with van der Waals surface area (Å²) in [6.07, 6.45) is 0. The molecule has 0 unspecified atom stereocenters. The zero-order chi connectivity index (χ0) is 9.15. The Kier molecular flexibility index (Phi) is 24.7. The van der Waals surface area contributed by atoms with Crippen LogP contribution in [0.4, 0.5) is 0 Å². The second kappa shape index (κ2) is 15.7. The van der Waals surface area contributed by atoms with E-state index in [1.807, 2.05) is 6.79 Å². The number of carbonyl (C=O) groups is 1. The molecule has 0 bridgehead atoms. The Labute approximate surface area is 53.7 Å². The molecule has 9 heteroatoms. The van der Waals surface area contributed by atoms with Crippen LogP contribution < -0.4 is 0 Å². The molecule has 0 atom stereocenters. The zero-order valence-electron chi connectivity index (χ0n) is 4.54. The third-order valence-electron chi connectivity index (χ3n) is 0. The Morgan fingerprint density at radius 3 is 1.00 bits per heavy atom. The molecular weight excluding hydrogens is 152 g/mol. The van der Waals surface area contributed by atoms with Gasteiger partial charge in [-0.05, 0) is 0 Å². The normalized spacial score (nSPS) is 5.20. The highest BCUT2D eigenvalue weighted by Crippen LogP contribution is 1.38. The van der Waals surface area contributed by atoms with Gasteiger partial charge in [-0.2, -0.15) is 0 Å². The molecule has 60 valence electrons. The van der Waals surface area contributed by atoms with Crippen LogP contribution in [0.3, 0.4) is 0 Å². The van der Waals surface area contributed by atoms with Crippen LogP contribution in [0.1, 0.15) is 0 Å². The van der Waals surface area contributed by atoms with Gasteiger partial charge in [0, 0.05) is 0 Å². The van der Waals surface area contributed by atoms with Gasteiger partial charge in [-0.15, -0.1) is 20.2 Å². The van der Waals surface area contributed by atoms with E-state index >= 15 is 0 Å². The fraction of sp³-hybridized carbons (Fsp3) is 0. The minimum Gasteiger partial charge on any atom is -0.328 e. The van der Waals surface area contributed by atoms with Crippen LogP contribution in [0.5, 0.6) is 0 Å². The number of rotatable bonds is 0. The van der Waals surface area contributed by atoms with Crippen molar-refractivity contribution in [2.45, 2.75) is 0 Å². The molecule has 0 saturated heterocycles. The van der Waals surface area contributed by atoms with Gasteiger partial charge >= 0.3 is 0 Å². The molecule has 0 aromatic heterocycles. The zero-order valence-corrected chi connectivity index (χ0v) is 4.54. The molecule has 0 aliphatic rings. The van der Waals surface area contributed by atoms with Crippen molar-refractivity contribution in [3.63, 3.8) is 0 Å². The largest absolute Gasteiger partial charge is 0.328 e. The lowest BCUT2D eigenvalue weighted by Crippen LogP contribution is -1.81. The Morgan fingerprint density at radius 2 is 1.00 bits per heavy atom. The average molecular weight is 156 g/mol. The first-order valence-electron chi connectivity index (χ1n) is 1.42. The molecule has 0 rings (SSSR count). The molecule has 0 saturated carbocycles. The number of carbonyl (C=O) groups excluding carboxylic acids is 1. The Bertz CT molecular complexity index is 79.8. The van der Waals surface area contributed by atoms with Crippen molar-refractivity contribution in [1.82, 2.24) is 0 Å². The predicted molar refractivity (Wildman–Crippen MR) is 24.7 cm³/mol. The first-order chi connectivity index (χ1) is 4.46. The van der Waals surface area contributed by atoms with Gasteiger partial charge in [0.25, 0.3) is 10.2 Å². The van der Waals surface area contributed by atoms with Crippen LogP contribution in [0.2, 0.25) is 0 Å². The SMILES string of the molecule is C=O.O=[N+]([O-])O.O=[N+]([O-])O. The summed E-state index contributed by atoms with van der Waals surface area (Å²) in [6.45, 7) is 2.00. The standard InChI is InChI=1S/CH2O.2HNO3/c1-2;2*2-1(3)4/h1H2;2*(H,2,3,4). The van der Waals surface area contributed by atoms with E-state index in [1.165, 1.54) is 0 Å². The molecule has 0 aromatic carbocycles. The Morgan fingerprint density at radius 1 is 1.00 bits per heavy atom. The lowest BCUT2D eigenvalue weighted by Gasteiger charge is -1.56. The van der Waals surface area contributed by atoms with Crippen LogP contribution in [-0.4, -0.2) is 27.4 Å². The summed E-state index contributed by atoms with van der Waals surface area (Å²) in [6, 6.07) is 0. The van der Waals surface area contributed by atoms with E-state index in [2.05, 4.69) is 0 Å².